The van der Waals surface area contributed by atoms with Gasteiger partial charge in [0.15, 0.2) is 0 Å². The molecule has 0 atom stereocenters. The third kappa shape index (κ3) is 3.51. The fourth-order valence-electron chi connectivity index (χ4n) is 2.66. The molecule has 4 nitrogen and oxygen atoms in total. The largest absolute Gasteiger partial charge is 0.478 e. The van der Waals surface area contributed by atoms with Crippen LogP contribution in [0.4, 0.5) is 0 Å². The average molecular weight is 388 g/mol. The molecule has 2 aromatic carbocycles. The molecule has 0 saturated heterocycles. The van der Waals surface area contributed by atoms with E-state index in [0.29, 0.717) is 10.6 Å². The number of carboxylic acids is 1. The second-order valence-electron chi connectivity index (χ2n) is 5.74. The first kappa shape index (κ1) is 17.2. The molecule has 2 aromatic heterocycles. The Balaban J connectivity index is 1.68. The summed E-state index contributed by atoms with van der Waals surface area (Å²) in [6.07, 6.45) is 1.83. The highest BCUT2D eigenvalue weighted by Crippen LogP contribution is 2.33. The monoisotopic (exact) mass is 388 g/mol. The van der Waals surface area contributed by atoms with Crippen LogP contribution in [0.3, 0.4) is 0 Å². The minimum atomic E-state index is -0.948. The quantitative estimate of drug-likeness (QED) is 0.449. The van der Waals surface area contributed by atoms with E-state index < -0.39 is 5.97 Å². The lowest BCUT2D eigenvalue weighted by Crippen LogP contribution is -1.95. The number of rotatable bonds is 4. The molecule has 0 fully saturated rings. The fraction of sp³-hybridized carbons (Fsp3) is 0. The van der Waals surface area contributed by atoms with E-state index in [2.05, 4.69) is 11.1 Å². The van der Waals surface area contributed by atoms with Gasteiger partial charge < -0.3 is 5.11 Å². The van der Waals surface area contributed by atoms with Gasteiger partial charge >= 0.3 is 5.97 Å². The molecule has 1 N–H and O–H groups in total. The smallest absolute Gasteiger partial charge is 0.335 e. The van der Waals surface area contributed by atoms with Crippen molar-refractivity contribution in [3.8, 4) is 16.5 Å². The number of hydrogen-bond acceptors (Lipinski definition) is 5. The number of nitrogens with zero attached hydrogens (tertiary/aromatic N) is 2. The number of nitriles is 1. The number of aromatic nitrogens is 1. The van der Waals surface area contributed by atoms with Crippen molar-refractivity contribution in [1.82, 2.24) is 4.98 Å². The molecular weight excluding hydrogens is 376 g/mol. The van der Waals surface area contributed by atoms with Crippen molar-refractivity contribution in [2.24, 2.45) is 0 Å². The van der Waals surface area contributed by atoms with Gasteiger partial charge in [-0.15, -0.1) is 22.7 Å². The molecule has 0 unspecified atom stereocenters. The predicted octanol–water partition coefficient (Wildman–Crippen LogP) is 5.79. The minimum Gasteiger partial charge on any atom is -0.478 e. The van der Waals surface area contributed by atoms with Gasteiger partial charge in [-0.1, -0.05) is 24.3 Å². The number of allylic oxidation sites excluding steroid dienone is 1. The fourth-order valence-corrected chi connectivity index (χ4v) is 4.54. The minimum absolute atomic E-state index is 0.255. The van der Waals surface area contributed by atoms with E-state index in [9.17, 15) is 10.1 Å². The van der Waals surface area contributed by atoms with Crippen LogP contribution >= 0.6 is 22.7 Å². The van der Waals surface area contributed by atoms with Crippen molar-refractivity contribution in [3.05, 3.63) is 76.1 Å². The number of thiazole rings is 1. The van der Waals surface area contributed by atoms with Crippen LogP contribution in [0.15, 0.2) is 60.7 Å². The lowest BCUT2D eigenvalue weighted by Gasteiger charge is -1.99. The Morgan fingerprint density at radius 2 is 1.93 bits per heavy atom. The highest BCUT2D eigenvalue weighted by atomic mass is 32.1. The topological polar surface area (TPSA) is 74.0 Å². The van der Waals surface area contributed by atoms with E-state index in [0.717, 1.165) is 25.5 Å². The van der Waals surface area contributed by atoms with Crippen LogP contribution in [0.25, 0.3) is 32.3 Å². The molecule has 0 radical (unpaired) electrons. The summed E-state index contributed by atoms with van der Waals surface area (Å²) in [6, 6.07) is 20.7. The first-order chi connectivity index (χ1) is 13.1. The Morgan fingerprint density at radius 1 is 1.07 bits per heavy atom. The summed E-state index contributed by atoms with van der Waals surface area (Å²) in [6.45, 7) is 0. The summed E-state index contributed by atoms with van der Waals surface area (Å²) >= 11 is 3.00. The molecule has 27 heavy (non-hydrogen) atoms. The average Bonchev–Trinajstić information content (AvgIpc) is 3.33. The number of hydrogen-bond donors (Lipinski definition) is 1. The first-order valence-electron chi connectivity index (χ1n) is 8.05. The van der Waals surface area contributed by atoms with Crippen LogP contribution in [0.2, 0.25) is 0 Å². The Kier molecular flexibility index (Phi) is 4.55. The van der Waals surface area contributed by atoms with E-state index in [1.807, 2.05) is 48.5 Å². The Bertz CT molecular complexity index is 1200. The van der Waals surface area contributed by atoms with Gasteiger partial charge in [-0.3, -0.25) is 0 Å². The predicted molar refractivity (Wildman–Crippen MR) is 110 cm³/mol. The van der Waals surface area contributed by atoms with Crippen LogP contribution in [0.1, 0.15) is 20.2 Å². The highest BCUT2D eigenvalue weighted by molar-refractivity contribution is 7.19. The molecule has 0 aliphatic rings. The number of carbonyl (C=O) groups is 1. The molecule has 6 heteroatoms. The Morgan fingerprint density at radius 3 is 2.70 bits per heavy atom. The van der Waals surface area contributed by atoms with Crippen molar-refractivity contribution < 1.29 is 9.90 Å². The zero-order chi connectivity index (χ0) is 18.8. The van der Waals surface area contributed by atoms with Crippen molar-refractivity contribution >= 4 is 50.5 Å². The van der Waals surface area contributed by atoms with Gasteiger partial charge in [-0.2, -0.15) is 5.26 Å². The van der Waals surface area contributed by atoms with Gasteiger partial charge in [0.2, 0.25) is 0 Å². The van der Waals surface area contributed by atoms with E-state index in [1.165, 1.54) is 22.7 Å². The second kappa shape index (κ2) is 7.16. The third-order valence-electron chi connectivity index (χ3n) is 3.95. The van der Waals surface area contributed by atoms with Crippen LogP contribution in [0, 0.1) is 11.3 Å². The van der Waals surface area contributed by atoms with E-state index >= 15 is 0 Å². The summed E-state index contributed by atoms with van der Waals surface area (Å²) in [5.41, 5.74) is 2.50. The molecule has 0 aliphatic heterocycles. The molecule has 0 bridgehead atoms. The molecule has 0 amide bonds. The van der Waals surface area contributed by atoms with Crippen molar-refractivity contribution in [1.29, 1.82) is 5.26 Å². The molecule has 0 spiro atoms. The van der Waals surface area contributed by atoms with E-state index in [-0.39, 0.29) is 5.56 Å². The van der Waals surface area contributed by atoms with Gasteiger partial charge in [-0.25, -0.2) is 9.78 Å². The normalized spacial score (nSPS) is 11.4. The number of carboxylic acid groups (broad SMARTS) is 1. The lowest BCUT2D eigenvalue weighted by molar-refractivity contribution is 0.0697. The molecule has 4 aromatic rings. The second-order valence-corrected chi connectivity index (χ2v) is 7.89. The maximum Gasteiger partial charge on any atom is 0.335 e. The van der Waals surface area contributed by atoms with Crippen LogP contribution in [-0.4, -0.2) is 16.1 Å². The number of benzene rings is 2. The standard InChI is InChI=1S/C21H12N2O2S2/c22-12-15(20-23-17-6-1-2-7-19(17)27-20)11-16-8-9-18(26-16)13-4-3-5-14(10-13)21(24)25/h1-11H,(H,24,25)/b15-11+. The van der Waals surface area contributed by atoms with Gasteiger partial charge in [0, 0.05) is 9.75 Å². The lowest BCUT2D eigenvalue weighted by atomic mass is 10.1. The number of fused-ring (bicyclic) bond motifs is 1. The summed E-state index contributed by atoms with van der Waals surface area (Å²) in [4.78, 5) is 17.6. The number of aromatic carboxylic acids is 1. The zero-order valence-corrected chi connectivity index (χ0v) is 15.6. The molecule has 4 rings (SSSR count). The third-order valence-corrected chi connectivity index (χ3v) is 6.10. The highest BCUT2D eigenvalue weighted by Gasteiger charge is 2.10. The summed E-state index contributed by atoms with van der Waals surface area (Å²) in [7, 11) is 0. The SMILES string of the molecule is N#C/C(=C\c1ccc(-c2cccc(C(=O)O)c2)s1)c1nc2ccccc2s1. The van der Waals surface area contributed by atoms with Crippen molar-refractivity contribution in [2.45, 2.75) is 0 Å². The molecule has 2 heterocycles. The van der Waals surface area contributed by atoms with Crippen molar-refractivity contribution in [2.75, 3.05) is 0 Å². The van der Waals surface area contributed by atoms with E-state index in [1.54, 1.807) is 18.2 Å². The van der Waals surface area contributed by atoms with Crippen molar-refractivity contribution in [3.63, 3.8) is 0 Å². The molecule has 0 aliphatic carbocycles. The van der Waals surface area contributed by atoms with Gasteiger partial charge in [0.05, 0.1) is 21.4 Å². The molecular formula is C21H12N2O2S2. The summed E-state index contributed by atoms with van der Waals surface area (Å²) in [5, 5.41) is 19.4. The van der Waals surface area contributed by atoms with Gasteiger partial charge in [-0.05, 0) is 48.0 Å². The van der Waals surface area contributed by atoms with Gasteiger partial charge in [0.25, 0.3) is 0 Å². The zero-order valence-electron chi connectivity index (χ0n) is 13.9. The van der Waals surface area contributed by atoms with E-state index in [4.69, 9.17) is 5.11 Å². The van der Waals surface area contributed by atoms with Crippen LogP contribution < -0.4 is 0 Å². The summed E-state index contributed by atoms with van der Waals surface area (Å²) in [5.74, 6) is -0.948. The van der Waals surface area contributed by atoms with Gasteiger partial charge in [0.1, 0.15) is 11.1 Å². The van der Waals surface area contributed by atoms with Crippen LogP contribution in [-0.2, 0) is 0 Å². The maximum atomic E-state index is 11.2. The summed E-state index contributed by atoms with van der Waals surface area (Å²) < 4.78 is 1.05. The first-order valence-corrected chi connectivity index (χ1v) is 9.68. The maximum absolute atomic E-state index is 11.2. The number of thiophene rings is 1. The number of para-hydroxylation sites is 1. The Hall–Kier alpha value is -3.27. The molecule has 130 valence electrons. The van der Waals surface area contributed by atoms with Crippen LogP contribution in [0.5, 0.6) is 0 Å². The molecule has 0 saturated carbocycles. The Labute approximate surface area is 163 Å².